The van der Waals surface area contributed by atoms with Crippen LogP contribution in [0.2, 0.25) is 0 Å². The van der Waals surface area contributed by atoms with Crippen molar-refractivity contribution in [1.29, 1.82) is 0 Å². The minimum absolute atomic E-state index is 0. The number of nitrogens with one attached hydrogen (secondary N) is 1. The van der Waals surface area contributed by atoms with Gasteiger partial charge in [-0.05, 0) is 40.1 Å². The van der Waals surface area contributed by atoms with E-state index in [0.29, 0.717) is 0 Å². The number of thiophene rings is 1. The molecule has 29 heavy (non-hydrogen) atoms. The normalized spacial score (nSPS) is 16.0. The van der Waals surface area contributed by atoms with Crippen molar-refractivity contribution < 1.29 is 17.9 Å². The van der Waals surface area contributed by atoms with E-state index < -0.39 is 6.36 Å². The maximum absolute atomic E-state index is 12.5. The third-order valence-electron chi connectivity index (χ3n) is 4.75. The van der Waals surface area contributed by atoms with Crippen LogP contribution in [0.3, 0.4) is 0 Å². The first-order valence-electron chi connectivity index (χ1n) is 8.78. The Hall–Kier alpha value is -1.51. The van der Waals surface area contributed by atoms with Gasteiger partial charge in [0.2, 0.25) is 0 Å². The number of rotatable bonds is 4. The highest BCUT2D eigenvalue weighted by molar-refractivity contribution is 7.17. The zero-order valence-electron chi connectivity index (χ0n) is 15.3. The summed E-state index contributed by atoms with van der Waals surface area (Å²) in [4.78, 5) is 2.38. The summed E-state index contributed by atoms with van der Waals surface area (Å²) in [5.41, 5.74) is 2.16. The molecular weight excluding hydrogens is 444 g/mol. The lowest BCUT2D eigenvalue weighted by Gasteiger charge is -2.35. The first-order chi connectivity index (χ1) is 13.0. The number of piperazine rings is 1. The Morgan fingerprint density at radius 3 is 2.28 bits per heavy atom. The third kappa shape index (κ3) is 5.55. The van der Waals surface area contributed by atoms with Crippen molar-refractivity contribution in [3.8, 4) is 5.75 Å². The number of ether oxygens (including phenoxy) is 1. The molecule has 0 unspecified atom stereocenters. The Labute approximate surface area is 183 Å². The Bertz CT molecular complexity index is 912. The summed E-state index contributed by atoms with van der Waals surface area (Å²) in [7, 11) is 0. The van der Waals surface area contributed by atoms with Gasteiger partial charge in [-0.2, -0.15) is 0 Å². The molecule has 1 fully saturated rings. The van der Waals surface area contributed by atoms with Crippen LogP contribution in [0.1, 0.15) is 17.2 Å². The van der Waals surface area contributed by atoms with E-state index in [1.807, 2.05) is 12.1 Å². The maximum Gasteiger partial charge on any atom is 0.573 e. The monoisotopic (exact) mass is 464 g/mol. The largest absolute Gasteiger partial charge is 0.573 e. The van der Waals surface area contributed by atoms with Gasteiger partial charge in [-0.15, -0.1) is 49.3 Å². The second-order valence-electron chi connectivity index (χ2n) is 6.49. The minimum Gasteiger partial charge on any atom is -0.406 e. The van der Waals surface area contributed by atoms with Crippen LogP contribution in [0.25, 0.3) is 10.1 Å². The molecule has 1 N–H and O–H groups in total. The maximum atomic E-state index is 12.5. The zero-order chi connectivity index (χ0) is 18.9. The SMILES string of the molecule is Cl.Cl.FC(F)(F)Oc1ccc([C@H](c2csc3ccccc23)N2CCNCC2)cc1. The van der Waals surface area contributed by atoms with Gasteiger partial charge >= 0.3 is 6.36 Å². The van der Waals surface area contributed by atoms with Gasteiger partial charge in [0.15, 0.2) is 0 Å². The molecule has 0 bridgehead atoms. The van der Waals surface area contributed by atoms with Crippen LogP contribution in [-0.2, 0) is 0 Å². The molecule has 4 rings (SSSR count). The van der Waals surface area contributed by atoms with E-state index in [9.17, 15) is 13.2 Å². The molecule has 3 aromatic rings. The van der Waals surface area contributed by atoms with Crippen LogP contribution in [0.5, 0.6) is 5.75 Å². The van der Waals surface area contributed by atoms with Gasteiger partial charge in [0.25, 0.3) is 0 Å². The van der Waals surface area contributed by atoms with E-state index in [2.05, 4.69) is 32.5 Å². The average molecular weight is 465 g/mol. The Kier molecular flexibility index (Phi) is 8.19. The second-order valence-corrected chi connectivity index (χ2v) is 7.40. The van der Waals surface area contributed by atoms with Crippen molar-refractivity contribution >= 4 is 46.2 Å². The van der Waals surface area contributed by atoms with Gasteiger partial charge < -0.3 is 10.1 Å². The fraction of sp³-hybridized carbons (Fsp3) is 0.300. The van der Waals surface area contributed by atoms with Crippen LogP contribution in [0.4, 0.5) is 13.2 Å². The number of hydrogen-bond acceptors (Lipinski definition) is 4. The quantitative estimate of drug-likeness (QED) is 0.540. The van der Waals surface area contributed by atoms with E-state index >= 15 is 0 Å². The Morgan fingerprint density at radius 2 is 1.62 bits per heavy atom. The average Bonchev–Trinajstić information content (AvgIpc) is 3.07. The lowest BCUT2D eigenvalue weighted by atomic mass is 9.96. The molecule has 1 aliphatic heterocycles. The smallest absolute Gasteiger partial charge is 0.406 e. The third-order valence-corrected chi connectivity index (χ3v) is 5.73. The van der Waals surface area contributed by atoms with Gasteiger partial charge in [0.1, 0.15) is 5.75 Å². The van der Waals surface area contributed by atoms with E-state index in [-0.39, 0.29) is 36.6 Å². The predicted octanol–water partition coefficient (Wildman–Crippen LogP) is 5.64. The summed E-state index contributed by atoms with van der Waals surface area (Å²) in [5.74, 6) is -0.194. The van der Waals surface area contributed by atoms with Crippen molar-refractivity contribution in [1.82, 2.24) is 10.2 Å². The number of hydrogen-bond donors (Lipinski definition) is 1. The van der Waals surface area contributed by atoms with Gasteiger partial charge in [-0.3, -0.25) is 4.90 Å². The predicted molar refractivity (Wildman–Crippen MR) is 116 cm³/mol. The van der Waals surface area contributed by atoms with E-state index in [0.717, 1.165) is 31.7 Å². The number of benzene rings is 2. The van der Waals surface area contributed by atoms with E-state index in [4.69, 9.17) is 0 Å². The Morgan fingerprint density at radius 1 is 0.966 bits per heavy atom. The van der Waals surface area contributed by atoms with Crippen LogP contribution in [0.15, 0.2) is 53.9 Å². The zero-order valence-corrected chi connectivity index (χ0v) is 17.8. The van der Waals surface area contributed by atoms with Crippen LogP contribution >= 0.6 is 36.2 Å². The minimum atomic E-state index is -4.68. The summed E-state index contributed by atoms with van der Waals surface area (Å²) >= 11 is 1.70. The highest BCUT2D eigenvalue weighted by atomic mass is 35.5. The second kappa shape index (κ2) is 10.00. The van der Waals surface area contributed by atoms with Gasteiger partial charge in [0.05, 0.1) is 6.04 Å². The molecule has 1 saturated heterocycles. The molecule has 0 spiro atoms. The van der Waals surface area contributed by atoms with E-state index in [1.165, 1.54) is 27.8 Å². The first-order valence-corrected chi connectivity index (χ1v) is 9.66. The number of nitrogens with zero attached hydrogens (tertiary/aromatic N) is 1. The molecule has 0 aliphatic carbocycles. The molecule has 0 radical (unpaired) electrons. The molecule has 1 atom stereocenters. The van der Waals surface area contributed by atoms with Crippen molar-refractivity contribution in [3.05, 3.63) is 65.0 Å². The Balaban J connectivity index is 0.00000150. The van der Waals surface area contributed by atoms with E-state index in [1.54, 1.807) is 23.5 Å². The number of halogens is 5. The van der Waals surface area contributed by atoms with Gasteiger partial charge in [-0.1, -0.05) is 30.3 Å². The molecule has 0 amide bonds. The lowest BCUT2D eigenvalue weighted by molar-refractivity contribution is -0.274. The number of fused-ring (bicyclic) bond motifs is 1. The van der Waals surface area contributed by atoms with Crippen molar-refractivity contribution in [2.45, 2.75) is 12.4 Å². The summed E-state index contributed by atoms with van der Waals surface area (Å²) in [6.07, 6.45) is -4.68. The summed E-state index contributed by atoms with van der Waals surface area (Å²) in [6.45, 7) is 3.56. The number of alkyl halides is 3. The van der Waals surface area contributed by atoms with Crippen LogP contribution in [0, 0.1) is 0 Å². The molecular formula is C20H21Cl2F3N2OS. The molecule has 3 nitrogen and oxygen atoms in total. The molecule has 0 saturated carbocycles. The van der Waals surface area contributed by atoms with Crippen molar-refractivity contribution in [3.63, 3.8) is 0 Å². The van der Waals surface area contributed by atoms with Crippen molar-refractivity contribution in [2.75, 3.05) is 26.2 Å². The summed E-state index contributed by atoms with van der Waals surface area (Å²) in [6, 6.07) is 14.5. The standard InChI is InChI=1S/C20H19F3N2OS.2ClH/c21-20(22,23)26-15-7-5-14(6-8-15)19(25-11-9-24-10-12-25)17-13-27-18-4-2-1-3-16(17)18;;/h1-8,13,19,24H,9-12H2;2*1H/t19-;;/m1../s1. The molecule has 2 aromatic carbocycles. The fourth-order valence-electron chi connectivity index (χ4n) is 3.59. The first kappa shape index (κ1) is 23.8. The molecule has 1 aliphatic rings. The summed E-state index contributed by atoms with van der Waals surface area (Å²) < 4.78 is 42.6. The molecule has 9 heteroatoms. The molecule has 2 heterocycles. The fourth-order valence-corrected chi connectivity index (χ4v) is 4.57. The highest BCUT2D eigenvalue weighted by Crippen LogP contribution is 2.38. The molecule has 158 valence electrons. The van der Waals surface area contributed by atoms with Gasteiger partial charge in [0, 0.05) is 30.9 Å². The van der Waals surface area contributed by atoms with Crippen LogP contribution < -0.4 is 10.1 Å². The lowest BCUT2D eigenvalue weighted by Crippen LogP contribution is -2.45. The highest BCUT2D eigenvalue weighted by Gasteiger charge is 2.31. The van der Waals surface area contributed by atoms with Gasteiger partial charge in [-0.25, -0.2) is 0 Å². The summed E-state index contributed by atoms with van der Waals surface area (Å²) in [5, 5.41) is 6.71. The molecule has 1 aromatic heterocycles. The van der Waals surface area contributed by atoms with Crippen LogP contribution in [-0.4, -0.2) is 37.4 Å². The topological polar surface area (TPSA) is 24.5 Å². The van der Waals surface area contributed by atoms with Crippen molar-refractivity contribution in [2.24, 2.45) is 0 Å².